The zero-order valence-corrected chi connectivity index (χ0v) is 10.9. The molecule has 1 atom stereocenters. The van der Waals surface area contributed by atoms with Gasteiger partial charge in [0.1, 0.15) is 5.82 Å². The van der Waals surface area contributed by atoms with Crippen molar-refractivity contribution in [1.82, 2.24) is 10.3 Å². The lowest BCUT2D eigenvalue weighted by Gasteiger charge is -2.22. The molecule has 1 aromatic rings. The second-order valence-electron chi connectivity index (χ2n) is 5.08. The fourth-order valence-electron chi connectivity index (χ4n) is 2.44. The van der Waals surface area contributed by atoms with Crippen molar-refractivity contribution in [3.05, 3.63) is 23.9 Å². The summed E-state index contributed by atoms with van der Waals surface area (Å²) in [4.78, 5) is 6.94. The minimum atomic E-state index is 0.862. The van der Waals surface area contributed by atoms with Crippen molar-refractivity contribution in [3.8, 4) is 0 Å². The van der Waals surface area contributed by atoms with Gasteiger partial charge in [-0.15, -0.1) is 0 Å². The second kappa shape index (κ2) is 6.01. The monoisotopic (exact) mass is 233 g/mol. The van der Waals surface area contributed by atoms with Gasteiger partial charge in [-0.1, -0.05) is 6.92 Å². The topological polar surface area (TPSA) is 28.2 Å². The van der Waals surface area contributed by atoms with Crippen LogP contribution in [0.25, 0.3) is 0 Å². The maximum absolute atomic E-state index is 4.51. The van der Waals surface area contributed by atoms with Gasteiger partial charge in [-0.2, -0.15) is 0 Å². The van der Waals surface area contributed by atoms with Crippen LogP contribution in [-0.4, -0.2) is 25.1 Å². The minimum absolute atomic E-state index is 0.862. The molecular formula is C14H23N3. The molecule has 1 unspecified atom stereocenters. The Hall–Kier alpha value is -1.09. The Morgan fingerprint density at radius 3 is 3.12 bits per heavy atom. The van der Waals surface area contributed by atoms with E-state index in [9.17, 15) is 0 Å². The smallest absolute Gasteiger partial charge is 0.128 e. The van der Waals surface area contributed by atoms with E-state index in [1.165, 1.54) is 24.8 Å². The van der Waals surface area contributed by atoms with Crippen LogP contribution >= 0.6 is 0 Å². The van der Waals surface area contributed by atoms with Crippen molar-refractivity contribution in [2.75, 3.05) is 25.0 Å². The van der Waals surface area contributed by atoms with E-state index in [0.29, 0.717) is 0 Å². The quantitative estimate of drug-likeness (QED) is 0.869. The van der Waals surface area contributed by atoms with E-state index in [2.05, 4.69) is 34.3 Å². The van der Waals surface area contributed by atoms with Crippen LogP contribution in [0.3, 0.4) is 0 Å². The molecule has 94 valence electrons. The molecule has 0 saturated carbocycles. The van der Waals surface area contributed by atoms with Crippen molar-refractivity contribution in [1.29, 1.82) is 0 Å². The Balaban J connectivity index is 2.07. The highest BCUT2D eigenvalue weighted by atomic mass is 15.2. The maximum Gasteiger partial charge on any atom is 0.128 e. The summed E-state index contributed by atoms with van der Waals surface area (Å²) < 4.78 is 0. The third-order valence-electron chi connectivity index (χ3n) is 3.53. The van der Waals surface area contributed by atoms with E-state index in [4.69, 9.17) is 0 Å². The van der Waals surface area contributed by atoms with Gasteiger partial charge in [-0.25, -0.2) is 4.98 Å². The Kier molecular flexibility index (Phi) is 4.37. The highest BCUT2D eigenvalue weighted by Gasteiger charge is 2.14. The number of anilines is 1. The Labute approximate surface area is 104 Å². The summed E-state index contributed by atoms with van der Waals surface area (Å²) in [5.41, 5.74) is 1.31. The van der Waals surface area contributed by atoms with Gasteiger partial charge >= 0.3 is 0 Å². The lowest BCUT2D eigenvalue weighted by Crippen LogP contribution is -2.25. The number of pyridine rings is 1. The molecule has 0 radical (unpaired) electrons. The molecule has 0 bridgehead atoms. The molecule has 1 aliphatic heterocycles. The molecule has 3 nitrogen and oxygen atoms in total. The van der Waals surface area contributed by atoms with E-state index in [0.717, 1.165) is 31.4 Å². The van der Waals surface area contributed by atoms with E-state index >= 15 is 0 Å². The summed E-state index contributed by atoms with van der Waals surface area (Å²) in [6, 6.07) is 4.30. The van der Waals surface area contributed by atoms with E-state index in [-0.39, 0.29) is 0 Å². The lowest BCUT2D eigenvalue weighted by molar-refractivity contribution is 0.521. The molecule has 0 amide bonds. The number of rotatable bonds is 3. The van der Waals surface area contributed by atoms with Crippen molar-refractivity contribution in [2.24, 2.45) is 5.92 Å². The van der Waals surface area contributed by atoms with Crippen molar-refractivity contribution < 1.29 is 0 Å². The van der Waals surface area contributed by atoms with E-state index in [1.807, 2.05) is 13.2 Å². The van der Waals surface area contributed by atoms with Gasteiger partial charge in [-0.3, -0.25) is 0 Å². The first-order chi connectivity index (χ1) is 8.29. The Bertz CT molecular complexity index is 351. The molecule has 1 fully saturated rings. The van der Waals surface area contributed by atoms with Crippen LogP contribution in [0.2, 0.25) is 0 Å². The number of nitrogens with one attached hydrogen (secondary N) is 1. The fourth-order valence-corrected chi connectivity index (χ4v) is 2.44. The summed E-state index contributed by atoms with van der Waals surface area (Å²) in [6.45, 7) is 5.58. The maximum atomic E-state index is 4.51. The van der Waals surface area contributed by atoms with Crippen LogP contribution in [0.4, 0.5) is 5.82 Å². The van der Waals surface area contributed by atoms with Gasteiger partial charge in [0.25, 0.3) is 0 Å². The molecule has 0 aliphatic carbocycles. The number of hydrogen-bond acceptors (Lipinski definition) is 3. The van der Waals surface area contributed by atoms with Crippen molar-refractivity contribution in [3.63, 3.8) is 0 Å². The largest absolute Gasteiger partial charge is 0.357 e. The third-order valence-corrected chi connectivity index (χ3v) is 3.53. The molecule has 2 heterocycles. The van der Waals surface area contributed by atoms with Gasteiger partial charge < -0.3 is 10.2 Å². The van der Waals surface area contributed by atoms with Gasteiger partial charge in [0.15, 0.2) is 0 Å². The fraction of sp³-hybridized carbons (Fsp3) is 0.643. The second-order valence-corrected chi connectivity index (χ2v) is 5.08. The lowest BCUT2D eigenvalue weighted by atomic mass is 10.0. The van der Waals surface area contributed by atoms with Gasteiger partial charge in [0, 0.05) is 25.8 Å². The van der Waals surface area contributed by atoms with Gasteiger partial charge in [0.2, 0.25) is 0 Å². The van der Waals surface area contributed by atoms with Crippen LogP contribution in [-0.2, 0) is 6.54 Å². The zero-order valence-electron chi connectivity index (χ0n) is 10.9. The molecule has 1 aromatic heterocycles. The van der Waals surface area contributed by atoms with Crippen LogP contribution < -0.4 is 10.2 Å². The SMILES string of the molecule is CNCc1ccnc(N2CCCC(C)CC2)c1. The molecule has 2 rings (SSSR count). The standard InChI is InChI=1S/C14H23N3/c1-12-4-3-8-17(9-6-12)14-10-13(11-15-2)5-7-16-14/h5,7,10,12,15H,3-4,6,8-9,11H2,1-2H3. The van der Waals surface area contributed by atoms with Crippen LogP contribution in [0.15, 0.2) is 18.3 Å². The summed E-state index contributed by atoms with van der Waals surface area (Å²) in [6.07, 6.45) is 5.86. The first-order valence-corrected chi connectivity index (χ1v) is 6.64. The Morgan fingerprint density at radius 2 is 2.29 bits per heavy atom. The van der Waals surface area contributed by atoms with Crippen LogP contribution in [0, 0.1) is 5.92 Å². The van der Waals surface area contributed by atoms with E-state index in [1.54, 1.807) is 0 Å². The number of hydrogen-bond donors (Lipinski definition) is 1. The molecule has 3 heteroatoms. The molecule has 1 saturated heterocycles. The predicted molar refractivity (Wildman–Crippen MR) is 72.2 cm³/mol. The van der Waals surface area contributed by atoms with Crippen LogP contribution in [0.5, 0.6) is 0 Å². The molecule has 0 aromatic carbocycles. The number of aromatic nitrogens is 1. The molecule has 1 N–H and O–H groups in total. The first kappa shape index (κ1) is 12.4. The minimum Gasteiger partial charge on any atom is -0.357 e. The highest BCUT2D eigenvalue weighted by Crippen LogP contribution is 2.21. The molecule has 1 aliphatic rings. The molecule has 0 spiro atoms. The van der Waals surface area contributed by atoms with E-state index < -0.39 is 0 Å². The van der Waals surface area contributed by atoms with Crippen molar-refractivity contribution in [2.45, 2.75) is 32.7 Å². The molecular weight excluding hydrogens is 210 g/mol. The predicted octanol–water partition coefficient (Wildman–Crippen LogP) is 2.43. The summed E-state index contributed by atoms with van der Waals surface area (Å²) in [5.74, 6) is 2.01. The summed E-state index contributed by atoms with van der Waals surface area (Å²) >= 11 is 0. The zero-order chi connectivity index (χ0) is 12.1. The van der Waals surface area contributed by atoms with Gasteiger partial charge in [0.05, 0.1) is 0 Å². The summed E-state index contributed by atoms with van der Waals surface area (Å²) in [7, 11) is 1.98. The summed E-state index contributed by atoms with van der Waals surface area (Å²) in [5, 5.41) is 3.19. The molecule has 17 heavy (non-hydrogen) atoms. The van der Waals surface area contributed by atoms with Gasteiger partial charge in [-0.05, 0) is 49.9 Å². The van der Waals surface area contributed by atoms with Crippen LogP contribution in [0.1, 0.15) is 31.7 Å². The highest BCUT2D eigenvalue weighted by molar-refractivity contribution is 5.41. The normalized spacial score (nSPS) is 21.3. The first-order valence-electron chi connectivity index (χ1n) is 6.64. The average molecular weight is 233 g/mol. The average Bonchev–Trinajstić information content (AvgIpc) is 2.55. The Morgan fingerprint density at radius 1 is 1.41 bits per heavy atom. The van der Waals surface area contributed by atoms with Crippen molar-refractivity contribution >= 4 is 5.82 Å². The third kappa shape index (κ3) is 3.43. The number of nitrogens with zero attached hydrogens (tertiary/aromatic N) is 2.